The lowest BCUT2D eigenvalue weighted by atomic mass is 9.87. The van der Waals surface area contributed by atoms with E-state index in [-0.39, 0.29) is 11.7 Å². The minimum Gasteiger partial charge on any atom is -0.361 e. The molecular formula is C45H34N4O3. The third kappa shape index (κ3) is 5.89. The molecule has 7 heteroatoms. The molecule has 0 fully saturated rings. The Morgan fingerprint density at radius 1 is 0.538 bits per heavy atom. The van der Waals surface area contributed by atoms with E-state index in [1.807, 2.05) is 133 Å². The summed E-state index contributed by atoms with van der Waals surface area (Å²) in [5.41, 5.74) is 7.51. The van der Waals surface area contributed by atoms with E-state index in [0.29, 0.717) is 22.7 Å². The van der Waals surface area contributed by atoms with Gasteiger partial charge in [-0.25, -0.2) is 4.99 Å². The Morgan fingerprint density at radius 2 is 1.04 bits per heavy atom. The van der Waals surface area contributed by atoms with Crippen LogP contribution in [0.1, 0.15) is 49.8 Å². The van der Waals surface area contributed by atoms with E-state index >= 15 is 0 Å². The number of aliphatic imine (C=N–C) groups is 1. The molecule has 0 saturated heterocycles. The molecule has 8 rings (SSSR count). The van der Waals surface area contributed by atoms with Crippen LogP contribution < -0.4 is 10.7 Å². The van der Waals surface area contributed by atoms with E-state index in [0.717, 1.165) is 49.9 Å². The van der Waals surface area contributed by atoms with Crippen LogP contribution in [0.4, 0.5) is 0 Å². The van der Waals surface area contributed by atoms with E-state index in [2.05, 4.69) is 44.2 Å². The highest BCUT2D eigenvalue weighted by atomic mass is 16.5. The van der Waals surface area contributed by atoms with Gasteiger partial charge in [-0.3, -0.25) is 9.59 Å². The number of hydrogen-bond acceptors (Lipinski definition) is 3. The molecule has 1 aliphatic rings. The molecule has 1 atom stereocenters. The first-order valence-corrected chi connectivity index (χ1v) is 17.0. The van der Waals surface area contributed by atoms with Crippen molar-refractivity contribution in [1.29, 1.82) is 0 Å². The quantitative estimate of drug-likeness (QED) is 0.138. The van der Waals surface area contributed by atoms with Crippen molar-refractivity contribution in [2.45, 2.75) is 5.60 Å². The molecule has 1 amide bonds. The summed E-state index contributed by atoms with van der Waals surface area (Å²) in [6.45, 7) is 0. The maximum Gasteiger partial charge on any atom is 0.270 e. The average Bonchev–Trinajstić information content (AvgIpc) is 4.04. The van der Waals surface area contributed by atoms with Crippen LogP contribution in [-0.2, 0) is 15.1 Å². The number of benzene rings is 4. The summed E-state index contributed by atoms with van der Waals surface area (Å²) >= 11 is 0. The Balaban J connectivity index is 1.32. The fraction of sp³-hybridized carbons (Fsp3) is 0.0444. The van der Waals surface area contributed by atoms with Crippen molar-refractivity contribution in [3.8, 4) is 0 Å². The first-order chi connectivity index (χ1) is 25.5. The molecule has 1 unspecified atom stereocenters. The smallest absolute Gasteiger partial charge is 0.270 e. The van der Waals surface area contributed by atoms with Crippen LogP contribution in [0.5, 0.6) is 0 Å². The van der Waals surface area contributed by atoms with Crippen LogP contribution in [0.2, 0.25) is 0 Å². The third-order valence-electron chi connectivity index (χ3n) is 9.39. The van der Waals surface area contributed by atoms with Crippen molar-refractivity contribution < 1.29 is 14.3 Å². The molecule has 0 radical (unpaired) electrons. The molecule has 3 N–H and O–H groups in total. The third-order valence-corrected chi connectivity index (χ3v) is 9.39. The first-order valence-electron chi connectivity index (χ1n) is 17.0. The maximum atomic E-state index is 13.5. The van der Waals surface area contributed by atoms with Crippen LogP contribution in [0.3, 0.4) is 0 Å². The second-order valence-electron chi connectivity index (χ2n) is 12.5. The predicted octanol–water partition coefficient (Wildman–Crippen LogP) is 6.82. The van der Waals surface area contributed by atoms with E-state index in [1.54, 1.807) is 13.2 Å². The molecule has 0 saturated carbocycles. The predicted molar refractivity (Wildman–Crippen MR) is 203 cm³/mol. The summed E-state index contributed by atoms with van der Waals surface area (Å²) in [5.74, 6) is -0.376. The summed E-state index contributed by atoms with van der Waals surface area (Å²) < 4.78 is 6.51. The zero-order chi connectivity index (χ0) is 35.5. The summed E-state index contributed by atoms with van der Waals surface area (Å²) in [7, 11) is 1.68. The number of ether oxygens (including phenoxy) is 1. The number of H-pyrrole nitrogens is 3. The van der Waals surface area contributed by atoms with Crippen molar-refractivity contribution >= 4 is 28.5 Å². The largest absolute Gasteiger partial charge is 0.361 e. The monoisotopic (exact) mass is 678 g/mol. The van der Waals surface area contributed by atoms with Gasteiger partial charge in [0.15, 0.2) is 5.60 Å². The lowest BCUT2D eigenvalue weighted by Crippen LogP contribution is -2.32. The number of allylic oxidation sites excluding steroid dienone is 1. The number of aromatic amines is 3. The summed E-state index contributed by atoms with van der Waals surface area (Å²) in [4.78, 5) is 40.8. The molecule has 4 heterocycles. The van der Waals surface area contributed by atoms with Gasteiger partial charge >= 0.3 is 0 Å². The SMILES string of the molecule is COC(c1ccccc1)(c1ccc(C(=O)c2ccccc2)[nH]1)c1ccc(/C(c2ccccc2)=c2/cc/c(=C(\C3=NC(=O)C=C3)c3ccccc3)[nH]2)[nH]1. The molecule has 0 spiro atoms. The molecule has 0 bridgehead atoms. The van der Waals surface area contributed by atoms with Gasteiger partial charge in [0.2, 0.25) is 5.78 Å². The Labute approximate surface area is 300 Å². The van der Waals surface area contributed by atoms with E-state index in [9.17, 15) is 9.59 Å². The van der Waals surface area contributed by atoms with Crippen LogP contribution in [0.15, 0.2) is 175 Å². The fourth-order valence-electron chi connectivity index (χ4n) is 6.97. The number of carbonyl (C=O) groups is 2. The number of amides is 1. The number of ketones is 1. The summed E-state index contributed by atoms with van der Waals surface area (Å²) in [5, 5.41) is 1.70. The average molecular weight is 679 g/mol. The summed E-state index contributed by atoms with van der Waals surface area (Å²) in [6.07, 6.45) is 3.25. The number of carbonyl (C=O) groups excluding carboxylic acids is 2. The lowest BCUT2D eigenvalue weighted by molar-refractivity contribution is -0.113. The molecule has 7 nitrogen and oxygen atoms in total. The Morgan fingerprint density at radius 3 is 1.60 bits per heavy atom. The molecular weight excluding hydrogens is 645 g/mol. The number of nitrogens with zero attached hydrogens (tertiary/aromatic N) is 1. The minimum absolute atomic E-state index is 0.102. The standard InChI is InChI=1S/C45H34N4O3/c1-52-45(33-20-12-5-13-21-33,40-28-25-38(48-40)44(51)32-18-10-4-11-19-32)39-27-24-36(47-39)42(30-14-6-2-7-15-30)34-22-23-35(46-34)43(31-16-8-3-9-17-31)37-26-29-41(50)49-37/h2-29,46-48H,1H3/b42-34-,43-35+. The van der Waals surface area contributed by atoms with E-state index < -0.39 is 5.60 Å². The van der Waals surface area contributed by atoms with Gasteiger partial charge in [-0.15, -0.1) is 0 Å². The van der Waals surface area contributed by atoms with Gasteiger partial charge in [0.25, 0.3) is 5.91 Å². The molecule has 52 heavy (non-hydrogen) atoms. The molecule has 3 aromatic heterocycles. The Hall–Kier alpha value is -6.83. The molecule has 7 aromatic rings. The zero-order valence-corrected chi connectivity index (χ0v) is 28.3. The summed E-state index contributed by atoms with van der Waals surface area (Å²) in [6, 6.07) is 51.2. The van der Waals surface area contributed by atoms with Gasteiger partial charge in [-0.05, 0) is 59.2 Å². The van der Waals surface area contributed by atoms with Crippen molar-refractivity contribution in [1.82, 2.24) is 15.0 Å². The Bertz CT molecular complexity index is 2580. The molecule has 252 valence electrons. The van der Waals surface area contributed by atoms with Crippen LogP contribution in [0.25, 0.3) is 11.1 Å². The first kappa shape index (κ1) is 32.4. The Kier molecular flexibility index (Phi) is 8.61. The van der Waals surface area contributed by atoms with Crippen molar-refractivity contribution in [3.05, 3.63) is 226 Å². The normalized spacial score (nSPS) is 14.9. The second kappa shape index (κ2) is 13.8. The number of nitrogens with one attached hydrogen (secondary N) is 3. The number of rotatable bonds is 10. The van der Waals surface area contributed by atoms with Crippen molar-refractivity contribution in [2.75, 3.05) is 7.11 Å². The number of hydrogen-bond donors (Lipinski definition) is 3. The highest BCUT2D eigenvalue weighted by Crippen LogP contribution is 2.40. The van der Waals surface area contributed by atoms with Crippen LogP contribution in [0, 0.1) is 0 Å². The lowest BCUT2D eigenvalue weighted by Gasteiger charge is -2.32. The molecule has 0 aliphatic carbocycles. The van der Waals surface area contributed by atoms with Gasteiger partial charge < -0.3 is 19.7 Å². The zero-order valence-electron chi connectivity index (χ0n) is 28.3. The van der Waals surface area contributed by atoms with Crippen molar-refractivity contribution in [3.63, 3.8) is 0 Å². The topological polar surface area (TPSA) is 103 Å². The molecule has 4 aromatic carbocycles. The van der Waals surface area contributed by atoms with Gasteiger partial charge in [-0.2, -0.15) is 0 Å². The highest BCUT2D eigenvalue weighted by Gasteiger charge is 2.40. The van der Waals surface area contributed by atoms with Crippen LogP contribution >= 0.6 is 0 Å². The van der Waals surface area contributed by atoms with E-state index in [4.69, 9.17) is 4.74 Å². The van der Waals surface area contributed by atoms with Gasteiger partial charge in [0, 0.05) is 46.3 Å². The maximum absolute atomic E-state index is 13.5. The minimum atomic E-state index is -1.11. The fourth-order valence-corrected chi connectivity index (χ4v) is 6.97. The van der Waals surface area contributed by atoms with Crippen LogP contribution in [-0.4, -0.2) is 39.5 Å². The second-order valence-corrected chi connectivity index (χ2v) is 12.5. The van der Waals surface area contributed by atoms with Gasteiger partial charge in [0.1, 0.15) is 0 Å². The van der Waals surface area contributed by atoms with Gasteiger partial charge in [0.05, 0.1) is 22.8 Å². The molecule has 1 aliphatic heterocycles. The van der Waals surface area contributed by atoms with Crippen molar-refractivity contribution in [2.24, 2.45) is 4.99 Å². The highest BCUT2D eigenvalue weighted by molar-refractivity contribution is 6.34. The number of methoxy groups -OCH3 is 1. The van der Waals surface area contributed by atoms with E-state index in [1.165, 1.54) is 6.08 Å². The van der Waals surface area contributed by atoms with Gasteiger partial charge in [-0.1, -0.05) is 121 Å². The number of aromatic nitrogens is 3.